The van der Waals surface area contributed by atoms with Crippen molar-refractivity contribution in [2.75, 3.05) is 20.5 Å². The summed E-state index contributed by atoms with van der Waals surface area (Å²) in [5.41, 5.74) is 3.16. The van der Waals surface area contributed by atoms with Crippen molar-refractivity contribution >= 4 is 0 Å². The summed E-state index contributed by atoms with van der Waals surface area (Å²) in [6, 6.07) is 17.2. The molecule has 1 heterocycles. The molecule has 1 saturated heterocycles. The number of aliphatic hydroxyl groups excluding tert-OH is 2. The largest absolute Gasteiger partial charge is 0.496 e. The summed E-state index contributed by atoms with van der Waals surface area (Å²) >= 11 is 0. The third-order valence-electron chi connectivity index (χ3n) is 6.18. The Morgan fingerprint density at radius 3 is 2.46 bits per heavy atom. The summed E-state index contributed by atoms with van der Waals surface area (Å²) in [5, 5.41) is 19.3. The van der Waals surface area contributed by atoms with Gasteiger partial charge in [-0.1, -0.05) is 36.4 Å². The monoisotopic (exact) mass is 485 g/mol. The first kappa shape index (κ1) is 25.1. The topological polar surface area (TPSA) is 71.4 Å². The zero-order valence-electron chi connectivity index (χ0n) is 19.5. The highest BCUT2D eigenvalue weighted by molar-refractivity contribution is 5.71. The van der Waals surface area contributed by atoms with E-state index in [2.05, 4.69) is 0 Å². The molecule has 0 radical (unpaired) electrons. The van der Waals surface area contributed by atoms with Crippen LogP contribution in [0.3, 0.4) is 0 Å². The first-order valence-electron chi connectivity index (χ1n) is 11.4. The third kappa shape index (κ3) is 6.15. The van der Waals surface area contributed by atoms with Crippen LogP contribution < -0.4 is 9.47 Å². The highest BCUT2D eigenvalue weighted by Crippen LogP contribution is 2.33. The van der Waals surface area contributed by atoms with Crippen LogP contribution in [-0.4, -0.2) is 47.9 Å². The second kappa shape index (κ2) is 11.6. The van der Waals surface area contributed by atoms with E-state index in [-0.39, 0.29) is 18.6 Å². The number of rotatable bonds is 10. The number of hydrogen-bond acceptors (Lipinski definition) is 6. The molecule has 6 nitrogen and oxygen atoms in total. The van der Waals surface area contributed by atoms with Crippen LogP contribution in [0.2, 0.25) is 0 Å². The summed E-state index contributed by atoms with van der Waals surface area (Å²) < 4.78 is 43.5. The van der Waals surface area contributed by atoms with Crippen LogP contribution >= 0.6 is 0 Å². The molecule has 0 amide bonds. The highest BCUT2D eigenvalue weighted by Gasteiger charge is 2.32. The van der Waals surface area contributed by atoms with E-state index >= 15 is 0 Å². The van der Waals surface area contributed by atoms with E-state index in [4.69, 9.17) is 19.3 Å². The lowest BCUT2D eigenvalue weighted by Crippen LogP contribution is -2.38. The van der Waals surface area contributed by atoms with Crippen LogP contribution in [0.4, 0.5) is 8.78 Å². The fraction of sp³-hybridized carbons (Fsp3) is 0.333. The molecule has 1 fully saturated rings. The standard InChI is InChI=1S/C27H29F2NO5/c1-33-26-13-25(29)24(28)12-23(26)20-5-8-22(9-6-20)35-15-19-4-2-3-18(11-19)14-30-21(16-34-17-31)7-10-27(30)32/h2-6,8-9,11-13,21,27,31-32H,7,10,14-17H2,1H3. The Hall–Kier alpha value is -3.04. The van der Waals surface area contributed by atoms with Gasteiger partial charge >= 0.3 is 0 Å². The minimum atomic E-state index is -0.957. The number of aliphatic hydroxyl groups is 2. The van der Waals surface area contributed by atoms with Crippen LogP contribution in [0, 0.1) is 11.6 Å². The SMILES string of the molecule is COc1cc(F)c(F)cc1-c1ccc(OCc2cccc(CN3C(O)CCC3COCO)c2)cc1. The quantitative estimate of drug-likeness (QED) is 0.413. The van der Waals surface area contributed by atoms with Crippen molar-refractivity contribution in [3.05, 3.63) is 83.4 Å². The third-order valence-corrected chi connectivity index (χ3v) is 6.18. The maximum absolute atomic E-state index is 13.7. The van der Waals surface area contributed by atoms with E-state index in [0.29, 0.717) is 43.1 Å². The zero-order chi connectivity index (χ0) is 24.8. The molecule has 0 aromatic heterocycles. The molecule has 0 aliphatic carbocycles. The second-order valence-corrected chi connectivity index (χ2v) is 8.48. The second-order valence-electron chi connectivity index (χ2n) is 8.48. The Bertz CT molecular complexity index is 1130. The molecule has 35 heavy (non-hydrogen) atoms. The smallest absolute Gasteiger partial charge is 0.162 e. The van der Waals surface area contributed by atoms with Gasteiger partial charge in [0.2, 0.25) is 0 Å². The fourth-order valence-electron chi connectivity index (χ4n) is 4.37. The van der Waals surface area contributed by atoms with Crippen LogP contribution in [0.15, 0.2) is 60.7 Å². The minimum absolute atomic E-state index is 0.0591. The molecule has 0 saturated carbocycles. The molecule has 4 rings (SSSR count). The molecular formula is C27H29F2NO5. The van der Waals surface area contributed by atoms with Gasteiger partial charge in [0.05, 0.1) is 13.7 Å². The maximum Gasteiger partial charge on any atom is 0.162 e. The van der Waals surface area contributed by atoms with Gasteiger partial charge in [0.15, 0.2) is 11.6 Å². The molecular weight excluding hydrogens is 456 g/mol. The highest BCUT2D eigenvalue weighted by atomic mass is 19.2. The molecule has 0 spiro atoms. The van der Waals surface area contributed by atoms with E-state index in [1.165, 1.54) is 7.11 Å². The van der Waals surface area contributed by atoms with Gasteiger partial charge in [0, 0.05) is 24.2 Å². The van der Waals surface area contributed by atoms with Crippen molar-refractivity contribution in [3.8, 4) is 22.6 Å². The lowest BCUT2D eigenvalue weighted by Gasteiger charge is -2.27. The van der Waals surface area contributed by atoms with Gasteiger partial charge in [-0.2, -0.15) is 0 Å². The van der Waals surface area contributed by atoms with E-state index in [1.54, 1.807) is 24.3 Å². The number of methoxy groups -OCH3 is 1. The fourth-order valence-corrected chi connectivity index (χ4v) is 4.37. The molecule has 2 atom stereocenters. The van der Waals surface area contributed by atoms with Crippen LogP contribution in [0.25, 0.3) is 11.1 Å². The Labute approximate surface area is 203 Å². The average Bonchev–Trinajstić information content (AvgIpc) is 3.22. The number of likely N-dealkylation sites (tertiary alicyclic amines) is 1. The van der Waals surface area contributed by atoms with E-state index < -0.39 is 17.9 Å². The first-order valence-corrected chi connectivity index (χ1v) is 11.4. The first-order chi connectivity index (χ1) is 17.0. The lowest BCUT2D eigenvalue weighted by atomic mass is 10.0. The predicted molar refractivity (Wildman–Crippen MR) is 127 cm³/mol. The van der Waals surface area contributed by atoms with Crippen molar-refractivity contribution in [3.63, 3.8) is 0 Å². The molecule has 8 heteroatoms. The van der Waals surface area contributed by atoms with Crippen molar-refractivity contribution in [2.45, 2.75) is 38.3 Å². The number of hydrogen-bond donors (Lipinski definition) is 2. The van der Waals surface area contributed by atoms with E-state index in [1.807, 2.05) is 29.2 Å². The summed E-state index contributed by atoms with van der Waals surface area (Å²) in [5.74, 6) is -1.00. The lowest BCUT2D eigenvalue weighted by molar-refractivity contribution is -0.0500. The van der Waals surface area contributed by atoms with Gasteiger partial charge in [-0.25, -0.2) is 8.78 Å². The van der Waals surface area contributed by atoms with Crippen molar-refractivity contribution in [1.82, 2.24) is 4.90 Å². The van der Waals surface area contributed by atoms with E-state index in [0.717, 1.165) is 29.7 Å². The molecule has 2 unspecified atom stereocenters. The number of ether oxygens (including phenoxy) is 3. The molecule has 186 valence electrons. The zero-order valence-corrected chi connectivity index (χ0v) is 19.5. The van der Waals surface area contributed by atoms with Gasteiger partial charge in [-0.05, 0) is 47.7 Å². The summed E-state index contributed by atoms with van der Waals surface area (Å²) in [4.78, 5) is 1.99. The Kier molecular flexibility index (Phi) is 8.30. The number of nitrogens with zero attached hydrogens (tertiary/aromatic N) is 1. The summed E-state index contributed by atoms with van der Waals surface area (Å²) in [6.45, 7) is 0.964. The Morgan fingerprint density at radius 2 is 1.71 bits per heavy atom. The van der Waals surface area contributed by atoms with Gasteiger partial charge in [0.1, 0.15) is 31.1 Å². The normalized spacial score (nSPS) is 18.1. The van der Waals surface area contributed by atoms with Crippen molar-refractivity contribution < 1.29 is 33.2 Å². The molecule has 0 bridgehead atoms. The number of benzene rings is 3. The predicted octanol–water partition coefficient (Wildman–Crippen LogP) is 4.47. The Morgan fingerprint density at radius 1 is 0.971 bits per heavy atom. The van der Waals surface area contributed by atoms with Crippen molar-refractivity contribution in [1.29, 1.82) is 0 Å². The molecule has 2 N–H and O–H groups in total. The van der Waals surface area contributed by atoms with Gasteiger partial charge in [-0.3, -0.25) is 4.90 Å². The Balaban J connectivity index is 1.39. The summed E-state index contributed by atoms with van der Waals surface area (Å²) in [7, 11) is 1.41. The molecule has 1 aliphatic heterocycles. The molecule has 3 aromatic rings. The number of halogens is 2. The average molecular weight is 486 g/mol. The van der Waals surface area contributed by atoms with Gasteiger partial charge < -0.3 is 24.4 Å². The molecule has 1 aliphatic rings. The molecule has 3 aromatic carbocycles. The van der Waals surface area contributed by atoms with Gasteiger partial charge in [0.25, 0.3) is 0 Å². The van der Waals surface area contributed by atoms with Gasteiger partial charge in [-0.15, -0.1) is 0 Å². The summed E-state index contributed by atoms with van der Waals surface area (Å²) in [6.07, 6.45) is 0.958. The minimum Gasteiger partial charge on any atom is -0.496 e. The van der Waals surface area contributed by atoms with Crippen LogP contribution in [0.1, 0.15) is 24.0 Å². The maximum atomic E-state index is 13.7. The van der Waals surface area contributed by atoms with Crippen LogP contribution in [-0.2, 0) is 17.9 Å². The van der Waals surface area contributed by atoms with Crippen LogP contribution in [0.5, 0.6) is 11.5 Å². The van der Waals surface area contributed by atoms with Crippen molar-refractivity contribution in [2.24, 2.45) is 0 Å². The van der Waals surface area contributed by atoms with E-state index in [9.17, 15) is 13.9 Å².